The van der Waals surface area contributed by atoms with Gasteiger partial charge in [-0.2, -0.15) is 0 Å². The van der Waals surface area contributed by atoms with Gasteiger partial charge in [-0.25, -0.2) is 14.0 Å². The molecule has 6 heteroatoms. The summed E-state index contributed by atoms with van der Waals surface area (Å²) in [5.74, 6) is -1.29. The first-order valence-corrected chi connectivity index (χ1v) is 6.58. The first-order valence-electron chi connectivity index (χ1n) is 6.58. The van der Waals surface area contributed by atoms with Crippen LogP contribution in [0.15, 0.2) is 24.3 Å². The van der Waals surface area contributed by atoms with Crippen molar-refractivity contribution in [2.45, 2.75) is 25.3 Å². The van der Waals surface area contributed by atoms with E-state index in [0.29, 0.717) is 12.0 Å². The molecular formula is C14H17FN2O3. The highest BCUT2D eigenvalue weighted by Gasteiger charge is 2.37. The van der Waals surface area contributed by atoms with Crippen molar-refractivity contribution in [2.24, 2.45) is 5.92 Å². The van der Waals surface area contributed by atoms with E-state index in [4.69, 9.17) is 5.11 Å². The number of hydrogen-bond acceptors (Lipinski definition) is 2. The molecule has 0 radical (unpaired) electrons. The van der Waals surface area contributed by atoms with Crippen molar-refractivity contribution in [3.63, 3.8) is 0 Å². The molecule has 1 aliphatic carbocycles. The average Bonchev–Trinajstić information content (AvgIpc) is 3.22. The summed E-state index contributed by atoms with van der Waals surface area (Å²) in [6.45, 7) is 0.254. The first-order chi connectivity index (χ1) is 9.58. The Balaban J connectivity index is 1.75. The molecule has 5 nitrogen and oxygen atoms in total. The number of carboxylic acids is 1. The summed E-state index contributed by atoms with van der Waals surface area (Å²) in [7, 11) is 0. The summed E-state index contributed by atoms with van der Waals surface area (Å²) < 4.78 is 13.3. The Morgan fingerprint density at radius 1 is 1.35 bits per heavy atom. The van der Waals surface area contributed by atoms with Crippen LogP contribution in [0.25, 0.3) is 0 Å². The van der Waals surface area contributed by atoms with Crippen LogP contribution in [0.3, 0.4) is 0 Å². The van der Waals surface area contributed by atoms with Gasteiger partial charge in [-0.15, -0.1) is 0 Å². The lowest BCUT2D eigenvalue weighted by Crippen LogP contribution is -2.47. The lowest BCUT2D eigenvalue weighted by atomic mass is 10.1. The maximum absolute atomic E-state index is 13.3. The molecule has 2 amide bonds. The van der Waals surface area contributed by atoms with Gasteiger partial charge in [0.15, 0.2) is 0 Å². The summed E-state index contributed by atoms with van der Waals surface area (Å²) in [6.07, 6.45) is 2.01. The van der Waals surface area contributed by atoms with Crippen molar-refractivity contribution >= 4 is 12.0 Å². The van der Waals surface area contributed by atoms with Crippen LogP contribution in [-0.4, -0.2) is 29.7 Å². The van der Waals surface area contributed by atoms with E-state index in [0.717, 1.165) is 12.8 Å². The second-order valence-corrected chi connectivity index (χ2v) is 4.89. The summed E-state index contributed by atoms with van der Waals surface area (Å²) in [6, 6.07) is 4.99. The molecule has 1 aromatic carbocycles. The van der Waals surface area contributed by atoms with E-state index in [-0.39, 0.29) is 18.3 Å². The molecule has 0 aliphatic heterocycles. The van der Waals surface area contributed by atoms with E-state index in [2.05, 4.69) is 10.6 Å². The molecule has 1 aliphatic rings. The third-order valence-corrected chi connectivity index (χ3v) is 3.28. The number of carbonyl (C=O) groups excluding carboxylic acids is 1. The van der Waals surface area contributed by atoms with Crippen LogP contribution < -0.4 is 10.6 Å². The SMILES string of the molecule is O=C(NCCc1ccccc1F)NC(C(=O)O)C1CC1. The number of rotatable bonds is 6. The van der Waals surface area contributed by atoms with Crippen molar-refractivity contribution in [2.75, 3.05) is 6.54 Å². The lowest BCUT2D eigenvalue weighted by molar-refractivity contribution is -0.139. The zero-order valence-corrected chi connectivity index (χ0v) is 10.9. The van der Waals surface area contributed by atoms with Gasteiger partial charge in [-0.3, -0.25) is 0 Å². The minimum Gasteiger partial charge on any atom is -0.480 e. The molecule has 1 saturated carbocycles. The molecule has 20 heavy (non-hydrogen) atoms. The van der Waals surface area contributed by atoms with Crippen LogP contribution in [0.5, 0.6) is 0 Å². The predicted molar refractivity (Wildman–Crippen MR) is 70.8 cm³/mol. The normalized spacial score (nSPS) is 15.4. The molecule has 1 aromatic rings. The molecule has 108 valence electrons. The molecule has 1 unspecified atom stereocenters. The largest absolute Gasteiger partial charge is 0.480 e. The van der Waals surface area contributed by atoms with Gasteiger partial charge in [-0.05, 0) is 36.8 Å². The molecule has 0 bridgehead atoms. The van der Waals surface area contributed by atoms with Gasteiger partial charge in [-0.1, -0.05) is 18.2 Å². The van der Waals surface area contributed by atoms with Crippen LogP contribution in [0.1, 0.15) is 18.4 Å². The molecule has 0 aromatic heterocycles. The van der Waals surface area contributed by atoms with E-state index in [1.165, 1.54) is 6.07 Å². The van der Waals surface area contributed by atoms with E-state index in [1.807, 2.05) is 0 Å². The minimum absolute atomic E-state index is 0.0322. The molecule has 1 fully saturated rings. The number of amides is 2. The summed E-state index contributed by atoms with van der Waals surface area (Å²) >= 11 is 0. The molecular weight excluding hydrogens is 263 g/mol. The number of urea groups is 1. The van der Waals surface area contributed by atoms with Gasteiger partial charge in [0.1, 0.15) is 11.9 Å². The summed E-state index contributed by atoms with van der Waals surface area (Å²) in [5, 5.41) is 14.0. The highest BCUT2D eigenvalue weighted by atomic mass is 19.1. The third-order valence-electron chi connectivity index (χ3n) is 3.28. The zero-order valence-electron chi connectivity index (χ0n) is 10.9. The first kappa shape index (κ1) is 14.3. The number of benzene rings is 1. The number of carbonyl (C=O) groups is 2. The van der Waals surface area contributed by atoms with Crippen molar-refractivity contribution in [3.8, 4) is 0 Å². The van der Waals surface area contributed by atoms with Crippen molar-refractivity contribution in [1.29, 1.82) is 0 Å². The number of hydrogen-bond donors (Lipinski definition) is 3. The Kier molecular flexibility index (Phi) is 4.55. The van der Waals surface area contributed by atoms with Gasteiger partial charge in [0.05, 0.1) is 0 Å². The Hall–Kier alpha value is -2.11. The second kappa shape index (κ2) is 6.36. The van der Waals surface area contributed by atoms with Crippen LogP contribution in [0, 0.1) is 11.7 Å². The number of carboxylic acid groups (broad SMARTS) is 1. The number of nitrogens with one attached hydrogen (secondary N) is 2. The lowest BCUT2D eigenvalue weighted by Gasteiger charge is -2.14. The minimum atomic E-state index is -1.02. The molecule has 3 N–H and O–H groups in total. The molecule has 0 spiro atoms. The molecule has 0 heterocycles. The van der Waals surface area contributed by atoms with Gasteiger partial charge in [0, 0.05) is 6.54 Å². The maximum Gasteiger partial charge on any atom is 0.326 e. The molecule has 1 atom stereocenters. The average molecular weight is 280 g/mol. The third kappa shape index (κ3) is 3.94. The predicted octanol–water partition coefficient (Wildman–Crippen LogP) is 1.53. The van der Waals surface area contributed by atoms with Crippen molar-refractivity contribution in [3.05, 3.63) is 35.6 Å². The van der Waals surface area contributed by atoms with Gasteiger partial charge < -0.3 is 15.7 Å². The standard InChI is InChI=1S/C14H17FN2O3/c15-11-4-2-1-3-9(11)7-8-16-14(20)17-12(13(18)19)10-5-6-10/h1-4,10,12H,5-8H2,(H,18,19)(H2,16,17,20). The fourth-order valence-corrected chi connectivity index (χ4v) is 2.01. The zero-order chi connectivity index (χ0) is 14.5. The van der Waals surface area contributed by atoms with E-state index < -0.39 is 18.0 Å². The highest BCUT2D eigenvalue weighted by Crippen LogP contribution is 2.32. The Morgan fingerprint density at radius 2 is 2.05 bits per heavy atom. The van der Waals surface area contributed by atoms with Gasteiger partial charge >= 0.3 is 12.0 Å². The monoisotopic (exact) mass is 280 g/mol. The van der Waals surface area contributed by atoms with Crippen LogP contribution in [0.2, 0.25) is 0 Å². The fourth-order valence-electron chi connectivity index (χ4n) is 2.01. The fraction of sp³-hybridized carbons (Fsp3) is 0.429. The second-order valence-electron chi connectivity index (χ2n) is 4.89. The Bertz CT molecular complexity index is 503. The van der Waals surface area contributed by atoms with Crippen LogP contribution in [-0.2, 0) is 11.2 Å². The Morgan fingerprint density at radius 3 is 2.65 bits per heavy atom. The van der Waals surface area contributed by atoms with E-state index in [9.17, 15) is 14.0 Å². The maximum atomic E-state index is 13.3. The van der Waals surface area contributed by atoms with E-state index in [1.54, 1.807) is 18.2 Å². The van der Waals surface area contributed by atoms with Crippen LogP contribution >= 0.6 is 0 Å². The number of halogens is 1. The summed E-state index contributed by atoms with van der Waals surface area (Å²) in [4.78, 5) is 22.6. The van der Waals surface area contributed by atoms with E-state index >= 15 is 0 Å². The smallest absolute Gasteiger partial charge is 0.326 e. The van der Waals surface area contributed by atoms with Gasteiger partial charge in [0.25, 0.3) is 0 Å². The van der Waals surface area contributed by atoms with Crippen molar-refractivity contribution < 1.29 is 19.1 Å². The molecule has 2 rings (SSSR count). The number of aliphatic carboxylic acids is 1. The highest BCUT2D eigenvalue weighted by molar-refractivity contribution is 5.83. The summed E-state index contributed by atoms with van der Waals surface area (Å²) in [5.41, 5.74) is 0.518. The van der Waals surface area contributed by atoms with Crippen LogP contribution in [0.4, 0.5) is 9.18 Å². The molecule has 0 saturated heterocycles. The van der Waals surface area contributed by atoms with Gasteiger partial charge in [0.2, 0.25) is 0 Å². The van der Waals surface area contributed by atoms with Crippen molar-refractivity contribution in [1.82, 2.24) is 10.6 Å². The Labute approximate surface area is 116 Å². The topological polar surface area (TPSA) is 78.4 Å². The quantitative estimate of drug-likeness (QED) is 0.739.